The van der Waals surface area contributed by atoms with Crippen molar-refractivity contribution in [1.82, 2.24) is 14.9 Å². The molecule has 0 saturated heterocycles. The van der Waals surface area contributed by atoms with Crippen molar-refractivity contribution in [2.75, 3.05) is 0 Å². The minimum absolute atomic E-state index is 0.00731. The second-order valence-electron chi connectivity index (χ2n) is 4.76. The van der Waals surface area contributed by atoms with Gasteiger partial charge in [-0.05, 0) is 32.0 Å². The van der Waals surface area contributed by atoms with Gasteiger partial charge in [0.05, 0.1) is 12.2 Å². The zero-order valence-corrected chi connectivity index (χ0v) is 12.1. The molecule has 108 valence electrons. The van der Waals surface area contributed by atoms with Gasteiger partial charge in [0.1, 0.15) is 16.9 Å². The number of halogens is 2. The van der Waals surface area contributed by atoms with Crippen LogP contribution in [0.1, 0.15) is 17.0 Å². The van der Waals surface area contributed by atoms with Crippen LogP contribution in [0.15, 0.2) is 27.5 Å². The Bertz CT molecular complexity index is 901. The number of hydrogen-bond donors (Lipinski definition) is 0. The summed E-state index contributed by atoms with van der Waals surface area (Å²) in [4.78, 5) is 12.4. The van der Waals surface area contributed by atoms with Crippen LogP contribution in [0.3, 0.4) is 0 Å². The van der Waals surface area contributed by atoms with E-state index < -0.39 is 5.82 Å². The van der Waals surface area contributed by atoms with Gasteiger partial charge in [0, 0.05) is 10.6 Å². The molecular weight excluding hydrogens is 297 g/mol. The molecule has 0 radical (unpaired) electrons. The predicted octanol–water partition coefficient (Wildman–Crippen LogP) is 2.84. The van der Waals surface area contributed by atoms with Crippen LogP contribution in [-0.4, -0.2) is 14.9 Å². The van der Waals surface area contributed by atoms with Gasteiger partial charge in [-0.3, -0.25) is 4.79 Å². The summed E-state index contributed by atoms with van der Waals surface area (Å²) in [6.45, 7) is 3.38. The van der Waals surface area contributed by atoms with Gasteiger partial charge < -0.3 is 4.52 Å². The van der Waals surface area contributed by atoms with Crippen LogP contribution in [0.5, 0.6) is 0 Å². The van der Waals surface area contributed by atoms with E-state index in [1.165, 1.54) is 22.9 Å². The van der Waals surface area contributed by atoms with E-state index >= 15 is 0 Å². The molecule has 2 heterocycles. The van der Waals surface area contributed by atoms with Gasteiger partial charge in [-0.25, -0.2) is 9.07 Å². The average Bonchev–Trinajstić information content (AvgIpc) is 2.82. The summed E-state index contributed by atoms with van der Waals surface area (Å²) in [5.41, 5.74) is 1.30. The van der Waals surface area contributed by atoms with Crippen molar-refractivity contribution < 1.29 is 8.91 Å². The number of benzene rings is 1. The maximum atomic E-state index is 13.8. The summed E-state index contributed by atoms with van der Waals surface area (Å²) >= 11 is 5.86. The fourth-order valence-electron chi connectivity index (χ4n) is 2.20. The minimum atomic E-state index is -0.437. The number of aromatic nitrogens is 3. The zero-order chi connectivity index (χ0) is 15.1. The lowest BCUT2D eigenvalue weighted by molar-refractivity contribution is 0.446. The number of rotatable bonds is 2. The number of nitrogens with zero attached hydrogens (tertiary/aromatic N) is 3. The first-order chi connectivity index (χ1) is 9.97. The molecule has 7 heteroatoms. The Morgan fingerprint density at radius 1 is 1.33 bits per heavy atom. The van der Waals surface area contributed by atoms with Crippen molar-refractivity contribution in [3.8, 4) is 0 Å². The van der Waals surface area contributed by atoms with Crippen molar-refractivity contribution in [1.29, 1.82) is 0 Å². The first-order valence-electron chi connectivity index (χ1n) is 6.25. The fourth-order valence-corrected chi connectivity index (χ4v) is 2.40. The van der Waals surface area contributed by atoms with Crippen molar-refractivity contribution >= 4 is 22.6 Å². The van der Waals surface area contributed by atoms with Crippen LogP contribution in [0.25, 0.3) is 11.0 Å². The maximum Gasteiger partial charge on any atom is 0.280 e. The highest BCUT2D eigenvalue weighted by atomic mass is 35.5. The van der Waals surface area contributed by atoms with Gasteiger partial charge >= 0.3 is 0 Å². The molecule has 0 aliphatic rings. The van der Waals surface area contributed by atoms with Crippen LogP contribution >= 0.6 is 11.6 Å². The first-order valence-corrected chi connectivity index (χ1v) is 6.63. The lowest BCUT2D eigenvalue weighted by Crippen LogP contribution is -2.25. The quantitative estimate of drug-likeness (QED) is 0.730. The van der Waals surface area contributed by atoms with E-state index in [4.69, 9.17) is 16.1 Å². The summed E-state index contributed by atoms with van der Waals surface area (Å²) in [6.07, 6.45) is 0. The Hall–Kier alpha value is -2.21. The number of hydrogen-bond acceptors (Lipinski definition) is 4. The van der Waals surface area contributed by atoms with Gasteiger partial charge in [-0.2, -0.15) is 5.10 Å². The molecule has 0 saturated carbocycles. The molecule has 21 heavy (non-hydrogen) atoms. The Morgan fingerprint density at radius 2 is 2.10 bits per heavy atom. The molecule has 0 spiro atoms. The molecular formula is C14H11ClFN3O2. The lowest BCUT2D eigenvalue weighted by Gasteiger charge is -2.07. The summed E-state index contributed by atoms with van der Waals surface area (Å²) < 4.78 is 20.1. The van der Waals surface area contributed by atoms with E-state index in [1.807, 2.05) is 0 Å². The molecule has 0 aliphatic heterocycles. The Labute approximate surface area is 123 Å². The van der Waals surface area contributed by atoms with Gasteiger partial charge in [0.15, 0.2) is 5.58 Å². The van der Waals surface area contributed by atoms with E-state index in [-0.39, 0.29) is 12.1 Å². The largest absolute Gasteiger partial charge is 0.354 e. The van der Waals surface area contributed by atoms with Crippen molar-refractivity contribution in [2.45, 2.75) is 20.4 Å². The molecule has 0 aliphatic carbocycles. The molecule has 0 fully saturated rings. The Balaban J connectivity index is 2.17. The normalized spacial score (nSPS) is 11.2. The molecule has 0 unspecified atom stereocenters. The molecule has 0 atom stereocenters. The third-order valence-corrected chi connectivity index (χ3v) is 3.47. The topological polar surface area (TPSA) is 60.9 Å². The molecule has 0 bridgehead atoms. The van der Waals surface area contributed by atoms with E-state index in [9.17, 15) is 9.18 Å². The molecule has 0 N–H and O–H groups in total. The molecule has 5 nitrogen and oxygen atoms in total. The van der Waals surface area contributed by atoms with Crippen molar-refractivity contribution in [3.05, 3.63) is 56.3 Å². The zero-order valence-electron chi connectivity index (χ0n) is 11.4. The van der Waals surface area contributed by atoms with Crippen molar-refractivity contribution in [3.63, 3.8) is 0 Å². The second-order valence-corrected chi connectivity index (χ2v) is 5.19. The minimum Gasteiger partial charge on any atom is -0.354 e. The highest BCUT2D eigenvalue weighted by Gasteiger charge is 2.16. The average molecular weight is 308 g/mol. The molecule has 2 aromatic heterocycles. The van der Waals surface area contributed by atoms with Crippen LogP contribution in [0.4, 0.5) is 4.39 Å². The molecule has 0 amide bonds. The first kappa shape index (κ1) is 13.8. The van der Waals surface area contributed by atoms with Crippen LogP contribution in [-0.2, 0) is 6.54 Å². The van der Waals surface area contributed by atoms with Gasteiger partial charge in [0.25, 0.3) is 5.56 Å². The smallest absolute Gasteiger partial charge is 0.280 e. The van der Waals surface area contributed by atoms with E-state index in [2.05, 4.69) is 10.3 Å². The molecule has 3 rings (SSSR count). The summed E-state index contributed by atoms with van der Waals surface area (Å²) in [5, 5.41) is 8.68. The predicted molar refractivity (Wildman–Crippen MR) is 76.1 cm³/mol. The highest BCUT2D eigenvalue weighted by molar-refractivity contribution is 6.30. The van der Waals surface area contributed by atoms with E-state index in [0.717, 1.165) is 0 Å². The SMILES string of the molecule is Cc1nn(Cc2cc(Cl)ccc2F)c(=O)c2c(C)noc12. The molecule has 3 aromatic rings. The van der Waals surface area contributed by atoms with Gasteiger partial charge in [0.2, 0.25) is 0 Å². The number of fused-ring (bicyclic) bond motifs is 1. The summed E-state index contributed by atoms with van der Waals surface area (Å²) in [7, 11) is 0. The highest BCUT2D eigenvalue weighted by Crippen LogP contribution is 2.18. The lowest BCUT2D eigenvalue weighted by atomic mass is 10.2. The van der Waals surface area contributed by atoms with Gasteiger partial charge in [-0.1, -0.05) is 16.8 Å². The van der Waals surface area contributed by atoms with Crippen LogP contribution in [0, 0.1) is 19.7 Å². The monoisotopic (exact) mass is 307 g/mol. The van der Waals surface area contributed by atoms with E-state index in [1.54, 1.807) is 13.8 Å². The third kappa shape index (κ3) is 2.31. The van der Waals surface area contributed by atoms with Crippen LogP contribution in [0.2, 0.25) is 5.02 Å². The third-order valence-electron chi connectivity index (χ3n) is 3.24. The second kappa shape index (κ2) is 4.96. The summed E-state index contributed by atoms with van der Waals surface area (Å²) in [5.74, 6) is -0.437. The molecule has 1 aromatic carbocycles. The Kier molecular flexibility index (Phi) is 3.25. The number of aryl methyl sites for hydroxylation is 2. The van der Waals surface area contributed by atoms with Crippen LogP contribution < -0.4 is 5.56 Å². The fraction of sp³-hybridized carbons (Fsp3) is 0.214. The van der Waals surface area contributed by atoms with Gasteiger partial charge in [-0.15, -0.1) is 0 Å². The standard InChI is InChI=1S/C14H11ClFN3O2/c1-7-12-13(21-18-7)8(2)17-19(14(12)20)6-9-5-10(15)3-4-11(9)16/h3-5H,6H2,1-2H3. The Morgan fingerprint density at radius 3 is 2.86 bits per heavy atom. The van der Waals surface area contributed by atoms with Crippen molar-refractivity contribution in [2.24, 2.45) is 0 Å². The summed E-state index contributed by atoms with van der Waals surface area (Å²) in [6, 6.07) is 4.19. The maximum absolute atomic E-state index is 13.8. The van der Waals surface area contributed by atoms with E-state index in [0.29, 0.717) is 32.9 Å².